The lowest BCUT2D eigenvalue weighted by atomic mass is 9.93. The molecule has 1 fully saturated rings. The molecule has 0 aliphatic heterocycles. The van der Waals surface area contributed by atoms with Gasteiger partial charge in [-0.3, -0.25) is 0 Å². The maximum atomic E-state index is 5.71. The van der Waals surface area contributed by atoms with Gasteiger partial charge in [0.1, 0.15) is 18.0 Å². The van der Waals surface area contributed by atoms with Gasteiger partial charge in [0.05, 0.1) is 0 Å². The van der Waals surface area contributed by atoms with E-state index in [0.717, 1.165) is 18.2 Å². The monoisotopic (exact) mass is 249 g/mol. The van der Waals surface area contributed by atoms with Crippen LogP contribution in [-0.2, 0) is 0 Å². The highest BCUT2D eigenvalue weighted by molar-refractivity contribution is 5.47. The van der Waals surface area contributed by atoms with Crippen LogP contribution in [0.4, 0.5) is 11.6 Å². The minimum absolute atomic E-state index is 0.0759. The number of rotatable bonds is 6. The number of aromatic nitrogens is 2. The number of hydrogen-bond acceptors (Lipinski definition) is 5. The second-order valence-electron chi connectivity index (χ2n) is 5.78. The molecule has 0 bridgehead atoms. The van der Waals surface area contributed by atoms with Gasteiger partial charge in [0.2, 0.25) is 0 Å². The Morgan fingerprint density at radius 3 is 2.67 bits per heavy atom. The van der Waals surface area contributed by atoms with Crippen LogP contribution in [0.2, 0.25) is 0 Å². The number of nitrogens with one attached hydrogen (secondary N) is 2. The number of nitrogens with zero attached hydrogens (tertiary/aromatic N) is 2. The summed E-state index contributed by atoms with van der Waals surface area (Å²) in [6.45, 7) is 5.73. The molecule has 0 radical (unpaired) electrons. The molecule has 0 saturated heterocycles. The zero-order valence-corrected chi connectivity index (χ0v) is 11.2. The van der Waals surface area contributed by atoms with Crippen LogP contribution in [0.1, 0.15) is 33.1 Å². The molecule has 0 spiro atoms. The third kappa shape index (κ3) is 3.57. The van der Waals surface area contributed by atoms with Crippen molar-refractivity contribution in [2.24, 2.45) is 11.1 Å². The van der Waals surface area contributed by atoms with Crippen molar-refractivity contribution in [3.63, 3.8) is 0 Å². The molecule has 1 heterocycles. The molecule has 0 atom stereocenters. The maximum Gasteiger partial charge on any atom is 0.131 e. The molecular formula is C13H23N5. The van der Waals surface area contributed by atoms with Crippen molar-refractivity contribution in [1.29, 1.82) is 0 Å². The zero-order chi connectivity index (χ0) is 13.0. The Morgan fingerprint density at radius 1 is 1.33 bits per heavy atom. The number of nitrogens with two attached hydrogens (primary N) is 1. The first-order chi connectivity index (χ1) is 8.59. The summed E-state index contributed by atoms with van der Waals surface area (Å²) in [5, 5.41) is 6.73. The van der Waals surface area contributed by atoms with Crippen LogP contribution < -0.4 is 16.4 Å². The van der Waals surface area contributed by atoms with Crippen molar-refractivity contribution >= 4 is 11.6 Å². The van der Waals surface area contributed by atoms with Crippen LogP contribution in [0.25, 0.3) is 0 Å². The van der Waals surface area contributed by atoms with E-state index >= 15 is 0 Å². The van der Waals surface area contributed by atoms with Gasteiger partial charge in [-0.1, -0.05) is 13.8 Å². The Hall–Kier alpha value is -1.36. The summed E-state index contributed by atoms with van der Waals surface area (Å²) in [5.41, 5.74) is 5.78. The largest absolute Gasteiger partial charge is 0.369 e. The molecule has 2 rings (SSSR count). The lowest BCUT2D eigenvalue weighted by Gasteiger charge is -2.27. The molecule has 0 aromatic carbocycles. The normalized spacial score (nSPS) is 16.2. The molecule has 0 unspecified atom stereocenters. The van der Waals surface area contributed by atoms with Crippen LogP contribution in [0.3, 0.4) is 0 Å². The van der Waals surface area contributed by atoms with Gasteiger partial charge in [0.15, 0.2) is 0 Å². The molecule has 1 aromatic heterocycles. The first kappa shape index (κ1) is 13.1. The fraction of sp³-hybridized carbons (Fsp3) is 0.692. The molecule has 5 nitrogen and oxygen atoms in total. The van der Waals surface area contributed by atoms with E-state index < -0.39 is 0 Å². The summed E-state index contributed by atoms with van der Waals surface area (Å²) in [5.74, 6) is 1.76. The highest BCUT2D eigenvalue weighted by Gasteiger charge is 2.18. The van der Waals surface area contributed by atoms with Crippen LogP contribution in [0.5, 0.6) is 0 Å². The Bertz CT molecular complexity index is 387. The van der Waals surface area contributed by atoms with Gasteiger partial charge in [-0.25, -0.2) is 9.97 Å². The standard InChI is InChI=1S/C13H23N5/c1-13(2,7-14)8-15-11-6-12(17-9-16-11)18-10-4-3-5-10/h6,9-10H,3-5,7-8,14H2,1-2H3,(H2,15,16,17,18). The second-order valence-corrected chi connectivity index (χ2v) is 5.78. The minimum Gasteiger partial charge on any atom is -0.369 e. The summed E-state index contributed by atoms with van der Waals surface area (Å²) in [6, 6.07) is 2.55. The van der Waals surface area contributed by atoms with Gasteiger partial charge in [0, 0.05) is 18.7 Å². The topological polar surface area (TPSA) is 75.9 Å². The molecule has 100 valence electrons. The van der Waals surface area contributed by atoms with Gasteiger partial charge in [-0.15, -0.1) is 0 Å². The lowest BCUT2D eigenvalue weighted by Crippen LogP contribution is -2.31. The Balaban J connectivity index is 1.90. The molecule has 0 amide bonds. The van der Waals surface area contributed by atoms with Gasteiger partial charge in [-0.2, -0.15) is 0 Å². The zero-order valence-electron chi connectivity index (χ0n) is 11.2. The highest BCUT2D eigenvalue weighted by atomic mass is 15.1. The van der Waals surface area contributed by atoms with Gasteiger partial charge in [0.25, 0.3) is 0 Å². The van der Waals surface area contributed by atoms with E-state index in [9.17, 15) is 0 Å². The van der Waals surface area contributed by atoms with Crippen molar-refractivity contribution < 1.29 is 0 Å². The summed E-state index contributed by atoms with van der Waals surface area (Å²) < 4.78 is 0. The van der Waals surface area contributed by atoms with Crippen molar-refractivity contribution in [3.05, 3.63) is 12.4 Å². The van der Waals surface area contributed by atoms with Crippen LogP contribution >= 0.6 is 0 Å². The predicted molar refractivity (Wildman–Crippen MR) is 74.6 cm³/mol. The third-order valence-electron chi connectivity index (χ3n) is 3.42. The molecule has 1 saturated carbocycles. The van der Waals surface area contributed by atoms with E-state index in [1.807, 2.05) is 6.07 Å². The average Bonchev–Trinajstić information content (AvgIpc) is 2.32. The summed E-state index contributed by atoms with van der Waals surface area (Å²) in [6.07, 6.45) is 5.40. The van der Waals surface area contributed by atoms with Crippen molar-refractivity contribution in [1.82, 2.24) is 9.97 Å². The molecule has 4 N–H and O–H groups in total. The third-order valence-corrected chi connectivity index (χ3v) is 3.42. The predicted octanol–water partition coefficient (Wildman–Crippen LogP) is 1.84. The number of anilines is 2. The smallest absolute Gasteiger partial charge is 0.131 e. The summed E-state index contributed by atoms with van der Waals surface area (Å²) in [4.78, 5) is 8.46. The van der Waals surface area contributed by atoms with Crippen molar-refractivity contribution in [3.8, 4) is 0 Å². The van der Waals surface area contributed by atoms with Crippen LogP contribution in [-0.4, -0.2) is 29.1 Å². The molecule has 5 heteroatoms. The quantitative estimate of drug-likeness (QED) is 0.717. The Kier molecular flexibility index (Phi) is 4.01. The first-order valence-corrected chi connectivity index (χ1v) is 6.62. The summed E-state index contributed by atoms with van der Waals surface area (Å²) in [7, 11) is 0. The maximum absolute atomic E-state index is 5.71. The van der Waals surface area contributed by atoms with Crippen molar-refractivity contribution in [2.45, 2.75) is 39.2 Å². The summed E-state index contributed by atoms with van der Waals surface area (Å²) >= 11 is 0. The van der Waals surface area contributed by atoms with Crippen molar-refractivity contribution in [2.75, 3.05) is 23.7 Å². The molecular weight excluding hydrogens is 226 g/mol. The van der Waals surface area contributed by atoms with E-state index in [2.05, 4.69) is 34.4 Å². The fourth-order valence-electron chi connectivity index (χ4n) is 1.70. The van der Waals surface area contributed by atoms with Crippen LogP contribution in [0, 0.1) is 5.41 Å². The van der Waals surface area contributed by atoms with E-state index in [1.165, 1.54) is 19.3 Å². The Labute approximate surface area is 109 Å². The van der Waals surface area contributed by atoms with Gasteiger partial charge >= 0.3 is 0 Å². The average molecular weight is 249 g/mol. The van der Waals surface area contributed by atoms with E-state index in [-0.39, 0.29) is 5.41 Å². The Morgan fingerprint density at radius 2 is 2.06 bits per heavy atom. The second kappa shape index (κ2) is 5.52. The molecule has 18 heavy (non-hydrogen) atoms. The SMILES string of the molecule is CC(C)(CN)CNc1cc(NC2CCC2)ncn1. The molecule has 1 aromatic rings. The molecule has 1 aliphatic rings. The van der Waals surface area contributed by atoms with E-state index in [0.29, 0.717) is 12.6 Å². The lowest BCUT2D eigenvalue weighted by molar-refractivity contribution is 0.405. The van der Waals surface area contributed by atoms with Gasteiger partial charge in [-0.05, 0) is 31.2 Å². The highest BCUT2D eigenvalue weighted by Crippen LogP contribution is 2.23. The van der Waals surface area contributed by atoms with Crippen LogP contribution in [0.15, 0.2) is 12.4 Å². The number of hydrogen-bond donors (Lipinski definition) is 3. The fourth-order valence-corrected chi connectivity index (χ4v) is 1.70. The van der Waals surface area contributed by atoms with E-state index in [1.54, 1.807) is 6.33 Å². The van der Waals surface area contributed by atoms with Gasteiger partial charge < -0.3 is 16.4 Å². The molecule has 1 aliphatic carbocycles. The van der Waals surface area contributed by atoms with E-state index in [4.69, 9.17) is 5.73 Å². The minimum atomic E-state index is 0.0759. The first-order valence-electron chi connectivity index (χ1n) is 6.62.